The van der Waals surface area contributed by atoms with Crippen molar-refractivity contribution in [1.29, 1.82) is 0 Å². The highest BCUT2D eigenvalue weighted by molar-refractivity contribution is 7.22. The highest BCUT2D eigenvalue weighted by Crippen LogP contribution is 2.44. The summed E-state index contributed by atoms with van der Waals surface area (Å²) in [6.45, 7) is 2.80. The molecular weight excluding hydrogens is 390 g/mol. The zero-order valence-corrected chi connectivity index (χ0v) is 16.4. The first-order valence-electron chi connectivity index (χ1n) is 9.18. The van der Waals surface area contributed by atoms with Crippen molar-refractivity contribution in [3.63, 3.8) is 0 Å². The molecule has 0 fully saturated rings. The van der Waals surface area contributed by atoms with Gasteiger partial charge in [-0.3, -0.25) is 4.79 Å². The second-order valence-corrected chi connectivity index (χ2v) is 7.95. The summed E-state index contributed by atoms with van der Waals surface area (Å²) in [5.41, 5.74) is 15.8. The maximum absolute atomic E-state index is 11.4. The van der Waals surface area contributed by atoms with E-state index in [1.165, 1.54) is 11.3 Å². The van der Waals surface area contributed by atoms with E-state index in [0.29, 0.717) is 29.8 Å². The summed E-state index contributed by atoms with van der Waals surface area (Å²) < 4.78 is 12.6. The number of hydrogen-bond acceptors (Lipinski definition) is 7. The average Bonchev–Trinajstić information content (AvgIpc) is 3.15. The highest BCUT2D eigenvalue weighted by atomic mass is 32.1. The van der Waals surface area contributed by atoms with E-state index in [4.69, 9.17) is 20.9 Å². The number of fused-ring (bicyclic) bond motifs is 1. The number of carbonyl (C=O) groups is 1. The minimum absolute atomic E-state index is 0.516. The number of carbonyl (C=O) groups excluding carboxylic acids is 1. The predicted molar refractivity (Wildman–Crippen MR) is 115 cm³/mol. The number of H-pyrrole nitrogens is 1. The Morgan fingerprint density at radius 1 is 1.34 bits per heavy atom. The van der Waals surface area contributed by atoms with Crippen LogP contribution >= 0.6 is 11.3 Å². The SMILES string of the molecule is C[C@H](Oc1cc2c3c(c(-c4ccc5nc(N)sc5c4)[nH]c3c1)NCCO2)C(N)=O. The Labute approximate surface area is 169 Å². The molecule has 2 aromatic carbocycles. The largest absolute Gasteiger partial charge is 0.491 e. The molecule has 148 valence electrons. The first-order chi connectivity index (χ1) is 14.0. The van der Waals surface area contributed by atoms with Crippen molar-refractivity contribution in [3.8, 4) is 22.8 Å². The van der Waals surface area contributed by atoms with Crippen molar-refractivity contribution >= 4 is 49.2 Å². The van der Waals surface area contributed by atoms with E-state index in [-0.39, 0.29) is 0 Å². The number of aromatic nitrogens is 2. The number of nitrogens with one attached hydrogen (secondary N) is 2. The van der Waals surface area contributed by atoms with Crippen molar-refractivity contribution < 1.29 is 14.3 Å². The van der Waals surface area contributed by atoms with Crippen LogP contribution in [0.3, 0.4) is 0 Å². The fourth-order valence-electron chi connectivity index (χ4n) is 3.54. The Hall–Kier alpha value is -3.46. The van der Waals surface area contributed by atoms with E-state index in [9.17, 15) is 4.79 Å². The summed E-state index contributed by atoms with van der Waals surface area (Å²) >= 11 is 1.46. The number of aromatic amines is 1. The van der Waals surface area contributed by atoms with Crippen LogP contribution in [0.1, 0.15) is 6.92 Å². The second-order valence-electron chi connectivity index (χ2n) is 6.89. The van der Waals surface area contributed by atoms with Gasteiger partial charge in [-0.1, -0.05) is 17.4 Å². The molecule has 9 heteroatoms. The fraction of sp³-hybridized carbons (Fsp3) is 0.200. The van der Waals surface area contributed by atoms with E-state index in [0.717, 1.165) is 38.1 Å². The minimum atomic E-state index is -0.739. The van der Waals surface area contributed by atoms with Gasteiger partial charge in [-0.25, -0.2) is 4.98 Å². The van der Waals surface area contributed by atoms with E-state index >= 15 is 0 Å². The monoisotopic (exact) mass is 409 g/mol. The topological polar surface area (TPSA) is 128 Å². The van der Waals surface area contributed by atoms with Crippen molar-refractivity contribution in [2.24, 2.45) is 5.73 Å². The smallest absolute Gasteiger partial charge is 0.258 e. The van der Waals surface area contributed by atoms with E-state index in [2.05, 4.69) is 21.4 Å². The van der Waals surface area contributed by atoms with Crippen molar-refractivity contribution in [1.82, 2.24) is 9.97 Å². The zero-order valence-electron chi connectivity index (χ0n) is 15.6. The lowest BCUT2D eigenvalue weighted by molar-refractivity contribution is -0.123. The van der Waals surface area contributed by atoms with Crippen LogP contribution in [0.4, 0.5) is 10.8 Å². The standard InChI is InChI=1S/C20H19N5O3S/c1-9(19(21)26)28-11-7-13-16-14(8-11)27-5-4-23-18(16)17(24-13)10-2-3-12-15(6-10)29-20(22)25-12/h2-3,6-9,23-24H,4-5H2,1H3,(H2,21,26)(H2,22,25)/t9-/m0/s1. The molecule has 0 saturated heterocycles. The summed E-state index contributed by atoms with van der Waals surface area (Å²) in [6, 6.07) is 9.70. The maximum atomic E-state index is 11.4. The summed E-state index contributed by atoms with van der Waals surface area (Å²) in [6.07, 6.45) is -0.739. The van der Waals surface area contributed by atoms with Gasteiger partial charge in [0.25, 0.3) is 5.91 Å². The number of amides is 1. The number of hydrogen-bond donors (Lipinski definition) is 4. The molecule has 1 aliphatic rings. The molecule has 1 aliphatic heterocycles. The molecule has 29 heavy (non-hydrogen) atoms. The Morgan fingerprint density at radius 2 is 2.21 bits per heavy atom. The number of ether oxygens (including phenoxy) is 2. The van der Waals surface area contributed by atoms with Gasteiger partial charge < -0.3 is 31.2 Å². The van der Waals surface area contributed by atoms with Gasteiger partial charge in [-0.15, -0.1) is 0 Å². The first kappa shape index (κ1) is 17.6. The molecule has 1 atom stereocenters. The summed E-state index contributed by atoms with van der Waals surface area (Å²) in [5.74, 6) is 0.689. The highest BCUT2D eigenvalue weighted by Gasteiger charge is 2.22. The fourth-order valence-corrected chi connectivity index (χ4v) is 4.31. The quantitative estimate of drug-likeness (QED) is 0.410. The third-order valence-electron chi connectivity index (χ3n) is 4.90. The third kappa shape index (κ3) is 2.99. The van der Waals surface area contributed by atoms with E-state index in [1.807, 2.05) is 18.2 Å². The summed E-state index contributed by atoms with van der Waals surface area (Å²) in [4.78, 5) is 19.2. The number of anilines is 2. The summed E-state index contributed by atoms with van der Waals surface area (Å²) in [5, 5.41) is 4.95. The van der Waals surface area contributed by atoms with E-state index < -0.39 is 12.0 Å². The molecule has 0 bridgehead atoms. The molecule has 0 unspecified atom stereocenters. The average molecular weight is 409 g/mol. The lowest BCUT2D eigenvalue weighted by Crippen LogP contribution is -2.30. The molecule has 5 rings (SSSR count). The molecule has 4 aromatic rings. The van der Waals surface area contributed by atoms with Crippen LogP contribution < -0.4 is 26.3 Å². The number of nitrogens with zero attached hydrogens (tertiary/aromatic N) is 1. The number of thiazole rings is 1. The van der Waals surface area contributed by atoms with Gasteiger partial charge in [-0.2, -0.15) is 0 Å². The number of nitrogen functional groups attached to an aromatic ring is 1. The Kier molecular flexibility index (Phi) is 3.99. The van der Waals surface area contributed by atoms with Gasteiger partial charge in [0.05, 0.1) is 32.5 Å². The first-order valence-corrected chi connectivity index (χ1v) is 10.00. The predicted octanol–water partition coefficient (Wildman–Crippen LogP) is 3.08. The van der Waals surface area contributed by atoms with Crippen molar-refractivity contribution in [2.45, 2.75) is 13.0 Å². The Morgan fingerprint density at radius 3 is 3.03 bits per heavy atom. The Bertz CT molecular complexity index is 1260. The van der Waals surface area contributed by atoms with Crippen LogP contribution in [-0.4, -0.2) is 35.1 Å². The zero-order chi connectivity index (χ0) is 20.1. The molecule has 0 spiro atoms. The molecule has 3 heterocycles. The summed E-state index contributed by atoms with van der Waals surface area (Å²) in [7, 11) is 0. The lowest BCUT2D eigenvalue weighted by Gasteiger charge is -2.13. The minimum Gasteiger partial charge on any atom is -0.491 e. The van der Waals surface area contributed by atoms with Crippen molar-refractivity contribution in [2.75, 3.05) is 24.2 Å². The van der Waals surface area contributed by atoms with Gasteiger partial charge in [0, 0.05) is 24.2 Å². The van der Waals surface area contributed by atoms with Gasteiger partial charge in [0.15, 0.2) is 11.2 Å². The molecule has 0 radical (unpaired) electrons. The van der Waals surface area contributed by atoms with Crippen molar-refractivity contribution in [3.05, 3.63) is 30.3 Å². The van der Waals surface area contributed by atoms with Gasteiger partial charge in [0.2, 0.25) is 0 Å². The molecule has 2 aromatic heterocycles. The molecule has 8 nitrogen and oxygen atoms in total. The molecular formula is C20H19N5O3S. The molecule has 6 N–H and O–H groups in total. The van der Waals surface area contributed by atoms with E-state index in [1.54, 1.807) is 13.0 Å². The third-order valence-corrected chi connectivity index (χ3v) is 5.75. The Balaban J connectivity index is 1.67. The molecule has 0 saturated carbocycles. The van der Waals surface area contributed by atoms with Crippen LogP contribution in [0, 0.1) is 0 Å². The number of primary amides is 1. The van der Waals surface area contributed by atoms with Crippen LogP contribution in [0.2, 0.25) is 0 Å². The van der Waals surface area contributed by atoms with Crippen LogP contribution in [0.5, 0.6) is 11.5 Å². The number of nitrogens with two attached hydrogens (primary N) is 2. The van der Waals surface area contributed by atoms with Crippen LogP contribution in [-0.2, 0) is 4.79 Å². The normalized spacial score (nSPS) is 14.2. The number of benzene rings is 2. The van der Waals surface area contributed by atoms with Gasteiger partial charge >= 0.3 is 0 Å². The second kappa shape index (κ2) is 6.56. The van der Waals surface area contributed by atoms with Gasteiger partial charge in [0.1, 0.15) is 18.1 Å². The molecule has 0 aliphatic carbocycles. The number of rotatable bonds is 4. The lowest BCUT2D eigenvalue weighted by atomic mass is 10.1. The molecule has 1 amide bonds. The van der Waals surface area contributed by atoms with Crippen LogP contribution in [0.15, 0.2) is 30.3 Å². The van der Waals surface area contributed by atoms with Crippen LogP contribution in [0.25, 0.3) is 32.4 Å². The maximum Gasteiger partial charge on any atom is 0.258 e. The van der Waals surface area contributed by atoms with Gasteiger partial charge in [-0.05, 0) is 19.1 Å².